The van der Waals surface area contributed by atoms with Crippen LogP contribution in [0.5, 0.6) is 0 Å². The molecule has 2 aliphatic rings. The minimum absolute atomic E-state index is 0.188. The highest BCUT2D eigenvalue weighted by Crippen LogP contribution is 2.33. The molecule has 0 aromatic heterocycles. The Morgan fingerprint density at radius 1 is 1.12 bits per heavy atom. The maximum absolute atomic E-state index is 6.08. The zero-order chi connectivity index (χ0) is 18.3. The van der Waals surface area contributed by atoms with Crippen LogP contribution in [0.3, 0.4) is 0 Å². The van der Waals surface area contributed by atoms with Gasteiger partial charge in [0.05, 0.1) is 6.10 Å². The average molecular weight is 353 g/mol. The molecule has 5 heteroatoms. The van der Waals surface area contributed by atoms with Crippen LogP contribution in [0.2, 0.25) is 0 Å². The third kappa shape index (κ3) is 6.45. The minimum atomic E-state index is 0.188. The van der Waals surface area contributed by atoms with Crippen LogP contribution in [0.4, 0.5) is 0 Å². The predicted molar refractivity (Wildman–Crippen MR) is 106 cm³/mol. The number of guanidine groups is 1. The molecule has 2 rings (SSSR count). The first kappa shape index (κ1) is 20.5. The molecule has 0 radical (unpaired) electrons. The molecule has 1 saturated heterocycles. The fourth-order valence-corrected chi connectivity index (χ4v) is 4.34. The molecule has 1 aliphatic carbocycles. The summed E-state index contributed by atoms with van der Waals surface area (Å²) in [5.41, 5.74) is 0.188. The van der Waals surface area contributed by atoms with Crippen LogP contribution >= 0.6 is 0 Å². The Morgan fingerprint density at radius 3 is 2.48 bits per heavy atom. The van der Waals surface area contributed by atoms with Gasteiger partial charge in [0.15, 0.2) is 5.96 Å². The SMILES string of the molecule is CN=C(NCCN(C)C1CCCC1)NCC1CCCOC1C(C)(C)C. The smallest absolute Gasteiger partial charge is 0.191 e. The molecule has 5 nitrogen and oxygen atoms in total. The van der Waals surface area contributed by atoms with Gasteiger partial charge in [0.1, 0.15) is 0 Å². The number of nitrogens with one attached hydrogen (secondary N) is 2. The van der Waals surface area contributed by atoms with Crippen LogP contribution in [0, 0.1) is 11.3 Å². The lowest BCUT2D eigenvalue weighted by molar-refractivity contribution is -0.0835. The number of rotatable bonds is 6. The fraction of sp³-hybridized carbons (Fsp3) is 0.950. The van der Waals surface area contributed by atoms with Crippen molar-refractivity contribution in [2.45, 2.75) is 71.4 Å². The summed E-state index contributed by atoms with van der Waals surface area (Å²) >= 11 is 0. The van der Waals surface area contributed by atoms with Crippen LogP contribution in [0.25, 0.3) is 0 Å². The Kier molecular flexibility index (Phi) is 8.01. The van der Waals surface area contributed by atoms with Gasteiger partial charge in [-0.25, -0.2) is 0 Å². The minimum Gasteiger partial charge on any atom is -0.377 e. The summed E-state index contributed by atoms with van der Waals surface area (Å²) in [5.74, 6) is 1.46. The number of hydrogen-bond donors (Lipinski definition) is 2. The standard InChI is InChI=1S/C20H40N4O/c1-20(2,3)18-16(9-8-14-25-18)15-23-19(21-4)22-12-13-24(5)17-10-6-7-11-17/h16-18H,6-15H2,1-5H3,(H2,21,22,23). The topological polar surface area (TPSA) is 48.9 Å². The molecule has 2 atom stereocenters. The van der Waals surface area contributed by atoms with Gasteiger partial charge in [0.2, 0.25) is 0 Å². The van der Waals surface area contributed by atoms with Crippen molar-refractivity contribution < 1.29 is 4.74 Å². The summed E-state index contributed by atoms with van der Waals surface area (Å²) in [6, 6.07) is 0.781. The molecule has 2 fully saturated rings. The highest BCUT2D eigenvalue weighted by molar-refractivity contribution is 5.79. The van der Waals surface area contributed by atoms with E-state index in [1.807, 2.05) is 7.05 Å². The van der Waals surface area contributed by atoms with Gasteiger partial charge in [-0.15, -0.1) is 0 Å². The van der Waals surface area contributed by atoms with E-state index >= 15 is 0 Å². The Bertz CT molecular complexity index is 412. The van der Waals surface area contributed by atoms with E-state index in [-0.39, 0.29) is 5.41 Å². The van der Waals surface area contributed by atoms with Gasteiger partial charge in [-0.2, -0.15) is 0 Å². The second-order valence-corrected chi connectivity index (χ2v) is 8.86. The number of nitrogens with zero attached hydrogens (tertiary/aromatic N) is 2. The maximum Gasteiger partial charge on any atom is 0.191 e. The molecule has 0 bridgehead atoms. The largest absolute Gasteiger partial charge is 0.377 e. The molecule has 1 heterocycles. The quantitative estimate of drug-likeness (QED) is 0.570. The number of ether oxygens (including phenoxy) is 1. The van der Waals surface area contributed by atoms with Crippen molar-refractivity contribution in [1.29, 1.82) is 0 Å². The predicted octanol–water partition coefficient (Wildman–Crippen LogP) is 2.87. The molecular formula is C20H40N4O. The van der Waals surface area contributed by atoms with Crippen molar-refractivity contribution in [3.05, 3.63) is 0 Å². The second-order valence-electron chi connectivity index (χ2n) is 8.86. The number of likely N-dealkylation sites (N-methyl/N-ethyl adjacent to an activating group) is 1. The summed E-state index contributed by atoms with van der Waals surface area (Å²) < 4.78 is 6.08. The first-order valence-corrected chi connectivity index (χ1v) is 10.2. The Morgan fingerprint density at radius 2 is 1.84 bits per heavy atom. The molecule has 0 spiro atoms. The summed E-state index contributed by atoms with van der Waals surface area (Å²) in [6.45, 7) is 10.7. The molecule has 0 aromatic carbocycles. The van der Waals surface area contributed by atoms with E-state index in [1.165, 1.54) is 32.1 Å². The Balaban J connectivity index is 1.72. The van der Waals surface area contributed by atoms with E-state index in [0.717, 1.165) is 44.7 Å². The molecule has 1 aliphatic heterocycles. The zero-order valence-electron chi connectivity index (χ0n) is 17.1. The summed E-state index contributed by atoms with van der Waals surface area (Å²) in [7, 11) is 4.11. The van der Waals surface area contributed by atoms with Gasteiger partial charge in [-0.1, -0.05) is 33.6 Å². The zero-order valence-corrected chi connectivity index (χ0v) is 17.1. The molecule has 0 aromatic rings. The molecule has 146 valence electrons. The normalized spacial score (nSPS) is 26.2. The van der Waals surface area contributed by atoms with Gasteiger partial charge in [0.25, 0.3) is 0 Å². The molecule has 25 heavy (non-hydrogen) atoms. The summed E-state index contributed by atoms with van der Waals surface area (Å²) in [5, 5.41) is 7.00. The Labute approximate surface area is 155 Å². The van der Waals surface area contributed by atoms with Gasteiger partial charge in [-0.05, 0) is 38.1 Å². The van der Waals surface area contributed by atoms with E-state index < -0.39 is 0 Å². The van der Waals surface area contributed by atoms with Crippen LogP contribution in [-0.2, 0) is 4.74 Å². The molecule has 2 N–H and O–H groups in total. The van der Waals surface area contributed by atoms with Crippen molar-refractivity contribution >= 4 is 5.96 Å². The highest BCUT2D eigenvalue weighted by Gasteiger charge is 2.35. The third-order valence-corrected chi connectivity index (χ3v) is 5.76. The van der Waals surface area contributed by atoms with E-state index in [9.17, 15) is 0 Å². The van der Waals surface area contributed by atoms with Crippen molar-refractivity contribution in [3.63, 3.8) is 0 Å². The van der Waals surface area contributed by atoms with Gasteiger partial charge >= 0.3 is 0 Å². The van der Waals surface area contributed by atoms with E-state index in [0.29, 0.717) is 12.0 Å². The first-order valence-electron chi connectivity index (χ1n) is 10.2. The van der Waals surface area contributed by atoms with Crippen LogP contribution in [0.15, 0.2) is 4.99 Å². The van der Waals surface area contributed by atoms with Crippen molar-refractivity contribution in [2.75, 3.05) is 40.3 Å². The molecule has 0 amide bonds. The van der Waals surface area contributed by atoms with Gasteiger partial charge < -0.3 is 20.3 Å². The van der Waals surface area contributed by atoms with E-state index in [2.05, 4.69) is 48.3 Å². The van der Waals surface area contributed by atoms with Crippen molar-refractivity contribution in [2.24, 2.45) is 16.3 Å². The second kappa shape index (κ2) is 9.77. The van der Waals surface area contributed by atoms with Crippen LogP contribution in [-0.4, -0.2) is 63.3 Å². The number of hydrogen-bond acceptors (Lipinski definition) is 3. The fourth-order valence-electron chi connectivity index (χ4n) is 4.34. The van der Waals surface area contributed by atoms with E-state index in [1.54, 1.807) is 0 Å². The maximum atomic E-state index is 6.08. The third-order valence-electron chi connectivity index (χ3n) is 5.76. The Hall–Kier alpha value is -0.810. The number of aliphatic imine (C=N–C) groups is 1. The first-order chi connectivity index (χ1) is 11.9. The highest BCUT2D eigenvalue weighted by atomic mass is 16.5. The van der Waals surface area contributed by atoms with Crippen molar-refractivity contribution in [3.8, 4) is 0 Å². The van der Waals surface area contributed by atoms with Crippen molar-refractivity contribution in [1.82, 2.24) is 15.5 Å². The van der Waals surface area contributed by atoms with Crippen LogP contribution in [0.1, 0.15) is 59.3 Å². The molecule has 1 saturated carbocycles. The lowest BCUT2D eigenvalue weighted by Gasteiger charge is -2.40. The lowest BCUT2D eigenvalue weighted by Crippen LogP contribution is -2.48. The summed E-state index contributed by atoms with van der Waals surface area (Å²) in [4.78, 5) is 6.89. The van der Waals surface area contributed by atoms with Gasteiger partial charge in [-0.3, -0.25) is 4.99 Å². The lowest BCUT2D eigenvalue weighted by atomic mass is 9.78. The monoisotopic (exact) mass is 352 g/mol. The average Bonchev–Trinajstić information content (AvgIpc) is 3.12. The van der Waals surface area contributed by atoms with Crippen LogP contribution < -0.4 is 10.6 Å². The summed E-state index contributed by atoms with van der Waals surface area (Å²) in [6.07, 6.45) is 8.22. The molecule has 2 unspecified atom stereocenters. The van der Waals surface area contributed by atoms with E-state index in [4.69, 9.17) is 4.74 Å². The van der Waals surface area contributed by atoms with Gasteiger partial charge in [0, 0.05) is 45.2 Å². The molecular weight excluding hydrogens is 312 g/mol.